The van der Waals surface area contributed by atoms with E-state index in [4.69, 9.17) is 9.84 Å². The highest BCUT2D eigenvalue weighted by atomic mass is 16.6. The van der Waals surface area contributed by atoms with Crippen LogP contribution in [0.5, 0.6) is 0 Å². The van der Waals surface area contributed by atoms with Gasteiger partial charge in [0, 0.05) is 0 Å². The summed E-state index contributed by atoms with van der Waals surface area (Å²) in [6.45, 7) is 5.15. The van der Waals surface area contributed by atoms with Crippen LogP contribution in [0.1, 0.15) is 33.6 Å². The van der Waals surface area contributed by atoms with Gasteiger partial charge >= 0.3 is 17.7 Å². The summed E-state index contributed by atoms with van der Waals surface area (Å²) in [4.78, 5) is 31.7. The molecule has 0 rings (SSSR count). The van der Waals surface area contributed by atoms with E-state index in [0.717, 1.165) is 6.42 Å². The zero-order valence-electron chi connectivity index (χ0n) is 8.49. The molecule has 5 heteroatoms. The van der Waals surface area contributed by atoms with E-state index in [0.29, 0.717) is 6.42 Å². The van der Waals surface area contributed by atoms with Crippen LogP contribution >= 0.6 is 0 Å². The number of esters is 1. The molecule has 0 aromatic carbocycles. The Bertz CT molecular complexity index is 254. The average Bonchev–Trinajstić information content (AvgIpc) is 2.01. The number of hydrogen-bond acceptors (Lipinski definition) is 4. The van der Waals surface area contributed by atoms with E-state index in [1.807, 2.05) is 6.92 Å². The van der Waals surface area contributed by atoms with Crippen LogP contribution in [-0.2, 0) is 19.1 Å². The van der Waals surface area contributed by atoms with E-state index in [1.54, 1.807) is 13.8 Å². The van der Waals surface area contributed by atoms with Gasteiger partial charge in [-0.05, 0) is 20.3 Å². The van der Waals surface area contributed by atoms with Gasteiger partial charge in [-0.15, -0.1) is 0 Å². The van der Waals surface area contributed by atoms with Gasteiger partial charge in [0.15, 0.2) is 0 Å². The molecule has 0 aliphatic carbocycles. The van der Waals surface area contributed by atoms with Crippen molar-refractivity contribution in [3.05, 3.63) is 0 Å². The van der Waals surface area contributed by atoms with Crippen LogP contribution in [0.2, 0.25) is 0 Å². The van der Waals surface area contributed by atoms with Crippen LogP contribution in [0, 0.1) is 0 Å². The minimum absolute atomic E-state index is 0.575. The number of carboxylic acid groups (broad SMARTS) is 1. The Morgan fingerprint density at radius 1 is 1.29 bits per heavy atom. The Morgan fingerprint density at radius 2 is 1.79 bits per heavy atom. The fourth-order valence-electron chi connectivity index (χ4n) is 1.04. The van der Waals surface area contributed by atoms with E-state index < -0.39 is 23.3 Å². The molecule has 1 N–H and O–H groups in total. The fraction of sp³-hybridized carbons (Fsp3) is 0.667. The Hall–Kier alpha value is -1.39. The third kappa shape index (κ3) is 4.02. The monoisotopic (exact) mass is 202 g/mol. The molecular formula is C9H14O5. The molecule has 0 aliphatic heterocycles. The van der Waals surface area contributed by atoms with Crippen LogP contribution in [0.25, 0.3) is 0 Å². The van der Waals surface area contributed by atoms with Crippen LogP contribution < -0.4 is 0 Å². The minimum atomic E-state index is -1.79. The lowest BCUT2D eigenvalue weighted by Crippen LogP contribution is -2.34. The smallest absolute Gasteiger partial charge is 0.387 e. The zero-order valence-corrected chi connectivity index (χ0v) is 8.49. The standard InChI is InChI=1S/C9H14O5/c1-4-5-9(2,3)14-8(13)6(10)7(11)12/h4-5H2,1-3H3,(H,11,12). The van der Waals surface area contributed by atoms with Crippen molar-refractivity contribution in [2.24, 2.45) is 0 Å². The molecule has 0 aromatic rings. The Morgan fingerprint density at radius 3 is 2.14 bits per heavy atom. The van der Waals surface area contributed by atoms with Gasteiger partial charge in [0.05, 0.1) is 0 Å². The van der Waals surface area contributed by atoms with Crippen molar-refractivity contribution in [2.75, 3.05) is 0 Å². The second kappa shape index (κ2) is 4.74. The molecule has 0 saturated heterocycles. The molecule has 0 unspecified atom stereocenters. The lowest BCUT2D eigenvalue weighted by molar-refractivity contribution is -0.169. The first-order valence-electron chi connectivity index (χ1n) is 4.30. The Labute approximate surface area is 82.1 Å². The van der Waals surface area contributed by atoms with Gasteiger partial charge in [-0.1, -0.05) is 13.3 Å². The second-order valence-corrected chi connectivity index (χ2v) is 3.53. The molecule has 0 heterocycles. The molecule has 0 amide bonds. The van der Waals surface area contributed by atoms with E-state index in [-0.39, 0.29) is 0 Å². The van der Waals surface area contributed by atoms with Crippen molar-refractivity contribution < 1.29 is 24.2 Å². The maximum atomic E-state index is 10.9. The van der Waals surface area contributed by atoms with Gasteiger partial charge < -0.3 is 9.84 Å². The third-order valence-corrected chi connectivity index (χ3v) is 1.60. The predicted molar refractivity (Wildman–Crippen MR) is 47.7 cm³/mol. The molecule has 0 aliphatic rings. The molecular weight excluding hydrogens is 188 g/mol. The summed E-state index contributed by atoms with van der Waals surface area (Å²) in [5.74, 6) is -4.63. The Kier molecular flexibility index (Phi) is 4.27. The maximum absolute atomic E-state index is 10.9. The molecule has 0 saturated carbocycles. The van der Waals surface area contributed by atoms with Crippen molar-refractivity contribution in [1.82, 2.24) is 0 Å². The molecule has 5 nitrogen and oxygen atoms in total. The van der Waals surface area contributed by atoms with Gasteiger partial charge in [0.2, 0.25) is 0 Å². The summed E-state index contributed by atoms with van der Waals surface area (Å²) in [7, 11) is 0. The first-order chi connectivity index (χ1) is 6.30. The molecule has 0 radical (unpaired) electrons. The third-order valence-electron chi connectivity index (χ3n) is 1.60. The van der Waals surface area contributed by atoms with Crippen molar-refractivity contribution in [2.45, 2.75) is 39.2 Å². The summed E-state index contributed by atoms with van der Waals surface area (Å²) < 4.78 is 4.73. The summed E-state index contributed by atoms with van der Waals surface area (Å²) in [5, 5.41) is 8.23. The summed E-state index contributed by atoms with van der Waals surface area (Å²) >= 11 is 0. The van der Waals surface area contributed by atoms with E-state index in [9.17, 15) is 14.4 Å². The number of carbonyl (C=O) groups excluding carboxylic acids is 2. The lowest BCUT2D eigenvalue weighted by Gasteiger charge is -2.23. The highest BCUT2D eigenvalue weighted by Gasteiger charge is 2.30. The average molecular weight is 202 g/mol. The number of ether oxygens (including phenoxy) is 1. The van der Waals surface area contributed by atoms with Crippen LogP contribution in [0.4, 0.5) is 0 Å². The molecule has 0 aromatic heterocycles. The van der Waals surface area contributed by atoms with Gasteiger partial charge in [-0.3, -0.25) is 4.79 Å². The van der Waals surface area contributed by atoms with E-state index in [1.165, 1.54) is 0 Å². The van der Waals surface area contributed by atoms with E-state index >= 15 is 0 Å². The summed E-state index contributed by atoms with van der Waals surface area (Å²) in [6.07, 6.45) is 1.35. The largest absolute Gasteiger partial charge is 0.475 e. The fourth-order valence-corrected chi connectivity index (χ4v) is 1.04. The van der Waals surface area contributed by atoms with E-state index in [2.05, 4.69) is 0 Å². The van der Waals surface area contributed by atoms with Crippen LogP contribution in [0.15, 0.2) is 0 Å². The zero-order chi connectivity index (χ0) is 11.4. The highest BCUT2D eigenvalue weighted by Crippen LogP contribution is 2.16. The first kappa shape index (κ1) is 12.6. The van der Waals surface area contributed by atoms with Gasteiger partial charge in [-0.2, -0.15) is 0 Å². The van der Waals surface area contributed by atoms with Gasteiger partial charge in [0.1, 0.15) is 5.60 Å². The summed E-state index contributed by atoms with van der Waals surface area (Å²) in [5.41, 5.74) is -0.795. The van der Waals surface area contributed by atoms with Crippen molar-refractivity contribution in [3.8, 4) is 0 Å². The van der Waals surface area contributed by atoms with Gasteiger partial charge in [0.25, 0.3) is 0 Å². The normalized spacial score (nSPS) is 10.8. The van der Waals surface area contributed by atoms with Gasteiger partial charge in [-0.25, -0.2) is 9.59 Å². The number of aliphatic carboxylic acids is 1. The molecule has 0 spiro atoms. The molecule has 0 bridgehead atoms. The molecule has 0 fully saturated rings. The molecule has 80 valence electrons. The predicted octanol–water partition coefficient (Wildman–Crippen LogP) is 0.762. The second-order valence-electron chi connectivity index (χ2n) is 3.53. The number of hydrogen-bond donors (Lipinski definition) is 1. The first-order valence-corrected chi connectivity index (χ1v) is 4.30. The number of Topliss-reactive ketones (excluding diaryl/α,β-unsaturated/α-hetero) is 1. The maximum Gasteiger partial charge on any atom is 0.387 e. The van der Waals surface area contributed by atoms with Crippen LogP contribution in [0.3, 0.4) is 0 Å². The molecule has 14 heavy (non-hydrogen) atoms. The Balaban J connectivity index is 4.32. The quantitative estimate of drug-likeness (QED) is 0.404. The highest BCUT2D eigenvalue weighted by molar-refractivity contribution is 6.59. The van der Waals surface area contributed by atoms with Crippen molar-refractivity contribution in [3.63, 3.8) is 0 Å². The number of rotatable bonds is 5. The molecule has 0 atom stereocenters. The minimum Gasteiger partial charge on any atom is -0.475 e. The SMILES string of the molecule is CCCC(C)(C)OC(=O)C(=O)C(=O)O. The number of ketones is 1. The topological polar surface area (TPSA) is 80.7 Å². The van der Waals surface area contributed by atoms with Crippen molar-refractivity contribution in [1.29, 1.82) is 0 Å². The van der Waals surface area contributed by atoms with Crippen molar-refractivity contribution >= 4 is 17.7 Å². The lowest BCUT2D eigenvalue weighted by atomic mass is 10.0. The number of carbonyl (C=O) groups is 3. The summed E-state index contributed by atoms with van der Waals surface area (Å²) in [6, 6.07) is 0. The number of carboxylic acids is 1. The van der Waals surface area contributed by atoms with Crippen LogP contribution in [-0.4, -0.2) is 28.4 Å².